The van der Waals surface area contributed by atoms with E-state index in [1.165, 1.54) is 0 Å². The monoisotopic (exact) mass is 323 g/mol. The first kappa shape index (κ1) is 16.5. The molecule has 0 aliphatic carbocycles. The fourth-order valence-corrected chi connectivity index (χ4v) is 2.14. The summed E-state index contributed by atoms with van der Waals surface area (Å²) in [6, 6.07) is 6.82. The lowest BCUT2D eigenvalue weighted by Crippen LogP contribution is -2.31. The van der Waals surface area contributed by atoms with Gasteiger partial charge in [0.05, 0.1) is 6.42 Å². The average molecular weight is 324 g/mol. The van der Waals surface area contributed by atoms with Crippen LogP contribution >= 0.6 is 11.6 Å². The molecule has 0 bridgehead atoms. The lowest BCUT2D eigenvalue weighted by atomic mass is 10.2. The van der Waals surface area contributed by atoms with Gasteiger partial charge in [-0.2, -0.15) is 5.10 Å². The molecule has 1 unspecified atom stereocenters. The van der Waals surface area contributed by atoms with Crippen molar-refractivity contribution in [3.05, 3.63) is 29.3 Å². The fraction of sp³-hybridized carbons (Fsp3) is 0.400. The van der Waals surface area contributed by atoms with Gasteiger partial charge in [-0.1, -0.05) is 11.6 Å². The van der Waals surface area contributed by atoms with Crippen molar-refractivity contribution in [2.75, 3.05) is 11.9 Å². The highest BCUT2D eigenvalue weighted by atomic mass is 35.5. The third kappa shape index (κ3) is 5.13. The summed E-state index contributed by atoms with van der Waals surface area (Å²) in [5.41, 5.74) is 3.60. The molecule has 1 aliphatic heterocycles. The SMILES string of the molecule is CC(CC(=O)Nc1ccc(Cl)cc1)=NNC(=O)C1CCCO1. The number of hydrazone groups is 1. The Morgan fingerprint density at radius 3 is 2.73 bits per heavy atom. The molecule has 0 radical (unpaired) electrons. The minimum Gasteiger partial charge on any atom is -0.368 e. The first-order valence-corrected chi connectivity index (χ1v) is 7.42. The molecule has 2 amide bonds. The normalized spacial score (nSPS) is 18.1. The number of hydrogen-bond donors (Lipinski definition) is 2. The Bertz CT molecular complexity index is 566. The molecule has 0 spiro atoms. The summed E-state index contributed by atoms with van der Waals surface area (Å²) in [5, 5.41) is 7.25. The van der Waals surface area contributed by atoms with Crippen LogP contribution in [0.1, 0.15) is 26.2 Å². The molecular weight excluding hydrogens is 306 g/mol. The summed E-state index contributed by atoms with van der Waals surface area (Å²) in [7, 11) is 0. The van der Waals surface area contributed by atoms with Gasteiger partial charge >= 0.3 is 0 Å². The molecule has 0 saturated carbocycles. The third-order valence-electron chi connectivity index (χ3n) is 3.12. The van der Waals surface area contributed by atoms with Crippen molar-refractivity contribution >= 4 is 34.8 Å². The molecule has 1 fully saturated rings. The van der Waals surface area contributed by atoms with Crippen LogP contribution in [0.4, 0.5) is 5.69 Å². The molecule has 2 rings (SSSR count). The maximum Gasteiger partial charge on any atom is 0.269 e. The minimum atomic E-state index is -0.431. The number of carbonyl (C=O) groups is 2. The molecule has 1 saturated heterocycles. The number of nitrogens with zero attached hydrogens (tertiary/aromatic N) is 1. The van der Waals surface area contributed by atoms with Gasteiger partial charge in [0.2, 0.25) is 5.91 Å². The summed E-state index contributed by atoms with van der Waals surface area (Å²) < 4.78 is 5.25. The van der Waals surface area contributed by atoms with Crippen LogP contribution in [0.5, 0.6) is 0 Å². The van der Waals surface area contributed by atoms with Crippen molar-refractivity contribution in [2.24, 2.45) is 5.10 Å². The van der Waals surface area contributed by atoms with Gasteiger partial charge in [0.15, 0.2) is 0 Å². The maximum atomic E-state index is 11.8. The highest BCUT2D eigenvalue weighted by Crippen LogP contribution is 2.14. The van der Waals surface area contributed by atoms with E-state index in [2.05, 4.69) is 15.8 Å². The topological polar surface area (TPSA) is 79.8 Å². The first-order valence-electron chi connectivity index (χ1n) is 7.04. The number of amides is 2. The third-order valence-corrected chi connectivity index (χ3v) is 3.38. The second-order valence-corrected chi connectivity index (χ2v) is 5.49. The summed E-state index contributed by atoms with van der Waals surface area (Å²) in [6.07, 6.45) is 1.25. The van der Waals surface area contributed by atoms with Gasteiger partial charge in [-0.05, 0) is 44.0 Å². The van der Waals surface area contributed by atoms with Crippen molar-refractivity contribution in [1.82, 2.24) is 5.43 Å². The first-order chi connectivity index (χ1) is 10.5. The molecular formula is C15H18ClN3O3. The maximum absolute atomic E-state index is 11.8. The zero-order valence-electron chi connectivity index (χ0n) is 12.3. The molecule has 1 heterocycles. The highest BCUT2D eigenvalue weighted by molar-refractivity contribution is 6.30. The van der Waals surface area contributed by atoms with E-state index in [-0.39, 0.29) is 18.2 Å². The predicted molar refractivity (Wildman–Crippen MR) is 84.9 cm³/mol. The molecule has 118 valence electrons. The highest BCUT2D eigenvalue weighted by Gasteiger charge is 2.23. The Kier molecular flexibility index (Phi) is 5.91. The van der Waals surface area contributed by atoms with Crippen molar-refractivity contribution in [3.63, 3.8) is 0 Å². The number of nitrogens with one attached hydrogen (secondary N) is 2. The van der Waals surface area contributed by atoms with E-state index in [1.54, 1.807) is 31.2 Å². The number of anilines is 1. The van der Waals surface area contributed by atoms with E-state index in [9.17, 15) is 9.59 Å². The number of ether oxygens (including phenoxy) is 1. The van der Waals surface area contributed by atoms with Crippen LogP contribution in [0.15, 0.2) is 29.4 Å². The standard InChI is InChI=1S/C15H18ClN3O3/c1-10(18-19-15(21)13-3-2-8-22-13)9-14(20)17-12-6-4-11(16)5-7-12/h4-7,13H,2-3,8-9H2,1H3,(H,17,20)(H,19,21). The quantitative estimate of drug-likeness (QED) is 0.644. The Hall–Kier alpha value is -1.92. The minimum absolute atomic E-state index is 0.0917. The second kappa shape index (κ2) is 7.91. The van der Waals surface area contributed by atoms with E-state index in [0.717, 1.165) is 6.42 Å². The van der Waals surface area contributed by atoms with Crippen LogP contribution in [0.25, 0.3) is 0 Å². The fourth-order valence-electron chi connectivity index (χ4n) is 2.02. The van der Waals surface area contributed by atoms with Crippen LogP contribution in [-0.2, 0) is 14.3 Å². The number of benzene rings is 1. The Morgan fingerprint density at radius 2 is 2.09 bits per heavy atom. The van der Waals surface area contributed by atoms with Gasteiger partial charge in [-0.25, -0.2) is 5.43 Å². The molecule has 6 nitrogen and oxygen atoms in total. The van der Waals surface area contributed by atoms with Crippen LogP contribution in [0.2, 0.25) is 5.02 Å². The molecule has 1 aliphatic rings. The summed E-state index contributed by atoms with van der Waals surface area (Å²) in [4.78, 5) is 23.5. The van der Waals surface area contributed by atoms with Crippen LogP contribution in [0.3, 0.4) is 0 Å². The Balaban J connectivity index is 1.78. The van der Waals surface area contributed by atoms with E-state index in [0.29, 0.717) is 29.4 Å². The van der Waals surface area contributed by atoms with E-state index >= 15 is 0 Å². The van der Waals surface area contributed by atoms with Gasteiger partial charge in [0.1, 0.15) is 6.10 Å². The van der Waals surface area contributed by atoms with E-state index in [1.807, 2.05) is 0 Å². The number of carbonyl (C=O) groups excluding carboxylic acids is 2. The summed E-state index contributed by atoms with van der Waals surface area (Å²) in [6.45, 7) is 2.28. The van der Waals surface area contributed by atoms with Crippen molar-refractivity contribution in [2.45, 2.75) is 32.3 Å². The number of halogens is 1. The molecule has 1 atom stereocenters. The molecule has 22 heavy (non-hydrogen) atoms. The summed E-state index contributed by atoms with van der Waals surface area (Å²) in [5.74, 6) is -0.482. The molecule has 1 aromatic rings. The van der Waals surface area contributed by atoms with Crippen LogP contribution in [0, 0.1) is 0 Å². The second-order valence-electron chi connectivity index (χ2n) is 5.06. The van der Waals surface area contributed by atoms with Gasteiger partial charge in [0, 0.05) is 23.0 Å². The van der Waals surface area contributed by atoms with Crippen LogP contribution < -0.4 is 10.7 Å². The zero-order chi connectivity index (χ0) is 15.9. The largest absolute Gasteiger partial charge is 0.368 e. The number of rotatable bonds is 5. The Morgan fingerprint density at radius 1 is 1.36 bits per heavy atom. The zero-order valence-corrected chi connectivity index (χ0v) is 13.0. The lowest BCUT2D eigenvalue weighted by Gasteiger charge is -2.08. The average Bonchev–Trinajstić information content (AvgIpc) is 3.01. The summed E-state index contributed by atoms with van der Waals surface area (Å²) >= 11 is 5.78. The van der Waals surface area contributed by atoms with E-state index < -0.39 is 6.10 Å². The van der Waals surface area contributed by atoms with Crippen molar-refractivity contribution < 1.29 is 14.3 Å². The van der Waals surface area contributed by atoms with E-state index in [4.69, 9.17) is 16.3 Å². The number of hydrogen-bond acceptors (Lipinski definition) is 4. The molecule has 2 N–H and O–H groups in total. The van der Waals surface area contributed by atoms with Crippen molar-refractivity contribution in [1.29, 1.82) is 0 Å². The van der Waals surface area contributed by atoms with Crippen LogP contribution in [-0.4, -0.2) is 30.2 Å². The van der Waals surface area contributed by atoms with Gasteiger partial charge < -0.3 is 10.1 Å². The Labute approximate surface area is 133 Å². The predicted octanol–water partition coefficient (Wildman–Crippen LogP) is 2.34. The molecule has 1 aromatic carbocycles. The molecule has 7 heteroatoms. The van der Waals surface area contributed by atoms with Crippen molar-refractivity contribution in [3.8, 4) is 0 Å². The van der Waals surface area contributed by atoms with Gasteiger partial charge in [-0.15, -0.1) is 0 Å². The smallest absolute Gasteiger partial charge is 0.269 e. The lowest BCUT2D eigenvalue weighted by molar-refractivity contribution is -0.130. The molecule has 0 aromatic heterocycles. The van der Waals surface area contributed by atoms with Gasteiger partial charge in [0.25, 0.3) is 5.91 Å². The van der Waals surface area contributed by atoms with Gasteiger partial charge in [-0.3, -0.25) is 9.59 Å².